The normalized spacial score (nSPS) is 8.00. The Morgan fingerprint density at radius 1 is 1.67 bits per heavy atom. The first-order chi connectivity index (χ1) is 3.80. The summed E-state index contributed by atoms with van der Waals surface area (Å²) >= 11 is 4.27. The molecule has 0 radical (unpaired) electrons. The largest absolute Gasteiger partial charge is 1.00 e. The minimum absolute atomic E-state index is 0. The molecule has 0 saturated heterocycles. The number of hydrogen-bond acceptors (Lipinski definition) is 3. The number of hydrogen-bond donors (Lipinski definition) is 0. The standard InChI is InChI=1S/C5H4O2S.K/c6-5(8)4-2-1-3-7-4;/h1-3H,(H,6,8);/q;+1/p-1. The first-order valence-corrected chi connectivity index (χ1v) is 2.46. The van der Waals surface area contributed by atoms with Crippen LogP contribution in [-0.4, -0.2) is 5.05 Å². The number of rotatable bonds is 1. The van der Waals surface area contributed by atoms with Crippen LogP contribution < -0.4 is 56.5 Å². The van der Waals surface area contributed by atoms with E-state index in [-0.39, 0.29) is 57.1 Å². The van der Waals surface area contributed by atoms with Crippen LogP contribution in [0, 0.1) is 0 Å². The average Bonchev–Trinajstić information content (AvgIpc) is 2.12. The third-order valence-corrected chi connectivity index (χ3v) is 0.924. The van der Waals surface area contributed by atoms with Crippen LogP contribution in [0.5, 0.6) is 0 Å². The summed E-state index contributed by atoms with van der Waals surface area (Å²) in [5, 5.41) is 9.78. The van der Waals surface area contributed by atoms with Crippen molar-refractivity contribution in [1.29, 1.82) is 0 Å². The van der Waals surface area contributed by atoms with E-state index in [0.717, 1.165) is 0 Å². The van der Waals surface area contributed by atoms with E-state index >= 15 is 0 Å². The van der Waals surface area contributed by atoms with E-state index in [2.05, 4.69) is 16.6 Å². The molecule has 0 aromatic carbocycles. The van der Waals surface area contributed by atoms with Crippen molar-refractivity contribution in [3.8, 4) is 0 Å². The molecule has 42 valence electrons. The first-order valence-electron chi connectivity index (χ1n) is 2.05. The summed E-state index contributed by atoms with van der Waals surface area (Å²) in [5.74, 6) is 0.236. The molecule has 4 heteroatoms. The summed E-state index contributed by atoms with van der Waals surface area (Å²) < 4.78 is 4.64. The Hall–Kier alpha value is 0.806. The molecule has 0 atom stereocenters. The maximum atomic E-state index is 10.2. The smallest absolute Gasteiger partial charge is 0.862 e. The molecule has 0 fully saturated rings. The summed E-state index contributed by atoms with van der Waals surface area (Å²) in [6.45, 7) is 0. The molecule has 0 amide bonds. The fourth-order valence-electron chi connectivity index (χ4n) is 0.395. The van der Waals surface area contributed by atoms with Crippen molar-refractivity contribution in [3.05, 3.63) is 24.2 Å². The van der Waals surface area contributed by atoms with E-state index in [1.807, 2.05) is 0 Å². The Morgan fingerprint density at radius 3 is 2.56 bits per heavy atom. The molecule has 0 unspecified atom stereocenters. The van der Waals surface area contributed by atoms with Crippen molar-refractivity contribution >= 4 is 17.3 Å². The molecule has 0 aliphatic heterocycles. The monoisotopic (exact) mass is 166 g/mol. The molecule has 0 spiro atoms. The van der Waals surface area contributed by atoms with Crippen molar-refractivity contribution in [3.63, 3.8) is 0 Å². The Balaban J connectivity index is 0.000000640. The Morgan fingerprint density at radius 2 is 2.33 bits per heavy atom. The average molecular weight is 166 g/mol. The van der Waals surface area contributed by atoms with Gasteiger partial charge < -0.3 is 9.52 Å². The number of thiocarbonyl (C=S) groups is 1. The van der Waals surface area contributed by atoms with E-state index in [0.29, 0.717) is 0 Å². The molecule has 0 aliphatic rings. The summed E-state index contributed by atoms with van der Waals surface area (Å²) in [5.41, 5.74) is 0. The SMILES string of the molecule is [K+].[O-]C(=S)c1ccco1. The zero-order chi connectivity index (χ0) is 5.98. The topological polar surface area (TPSA) is 36.2 Å². The van der Waals surface area contributed by atoms with Crippen molar-refractivity contribution < 1.29 is 60.9 Å². The van der Waals surface area contributed by atoms with Crippen LogP contribution in [0.2, 0.25) is 0 Å². The fraction of sp³-hybridized carbons (Fsp3) is 0. The van der Waals surface area contributed by atoms with E-state index in [1.165, 1.54) is 12.3 Å². The van der Waals surface area contributed by atoms with Crippen LogP contribution in [-0.2, 0) is 0 Å². The second-order valence-corrected chi connectivity index (χ2v) is 1.64. The predicted octanol–water partition coefficient (Wildman–Crippen LogP) is -2.68. The predicted molar refractivity (Wildman–Crippen MR) is 30.4 cm³/mol. The Labute approximate surface area is 101 Å². The molecular formula is C5H3KO2S. The summed E-state index contributed by atoms with van der Waals surface area (Å²) in [7, 11) is 0. The second-order valence-electron chi connectivity index (χ2n) is 1.26. The number of furan rings is 1. The van der Waals surface area contributed by atoms with Crippen LogP contribution in [0.15, 0.2) is 22.8 Å². The molecule has 0 aliphatic carbocycles. The molecule has 2 nitrogen and oxygen atoms in total. The molecule has 9 heavy (non-hydrogen) atoms. The zero-order valence-electron chi connectivity index (χ0n) is 4.96. The molecular weight excluding hydrogens is 163 g/mol. The maximum absolute atomic E-state index is 10.2. The summed E-state index contributed by atoms with van der Waals surface area (Å²) in [6.07, 6.45) is 1.42. The van der Waals surface area contributed by atoms with E-state index < -0.39 is 5.05 Å². The second kappa shape index (κ2) is 4.60. The van der Waals surface area contributed by atoms with Gasteiger partial charge in [-0.1, -0.05) is 12.2 Å². The van der Waals surface area contributed by atoms with Gasteiger partial charge in [-0.15, -0.1) is 0 Å². The van der Waals surface area contributed by atoms with Crippen molar-refractivity contribution in [2.45, 2.75) is 0 Å². The molecule has 0 saturated carbocycles. The van der Waals surface area contributed by atoms with Crippen LogP contribution in [0.4, 0.5) is 0 Å². The van der Waals surface area contributed by atoms with Crippen LogP contribution >= 0.6 is 12.2 Å². The van der Waals surface area contributed by atoms with Gasteiger partial charge >= 0.3 is 51.4 Å². The Kier molecular flexibility index (Phi) is 5.01. The van der Waals surface area contributed by atoms with E-state index in [1.54, 1.807) is 6.07 Å². The maximum Gasteiger partial charge on any atom is 1.00 e. The minimum atomic E-state index is -0.449. The molecule has 1 aromatic rings. The fourth-order valence-corrected chi connectivity index (χ4v) is 0.511. The molecule has 0 N–H and O–H groups in total. The zero-order valence-corrected chi connectivity index (χ0v) is 8.90. The van der Waals surface area contributed by atoms with Gasteiger partial charge in [0.1, 0.15) is 5.76 Å². The summed E-state index contributed by atoms with van der Waals surface area (Å²) in [4.78, 5) is 0. The molecule has 0 bridgehead atoms. The van der Waals surface area contributed by atoms with Gasteiger partial charge in [-0.3, -0.25) is 0 Å². The van der Waals surface area contributed by atoms with Crippen molar-refractivity contribution in [2.24, 2.45) is 0 Å². The van der Waals surface area contributed by atoms with Crippen molar-refractivity contribution in [2.75, 3.05) is 0 Å². The van der Waals surface area contributed by atoms with E-state index in [4.69, 9.17) is 0 Å². The van der Waals surface area contributed by atoms with Gasteiger partial charge in [-0.2, -0.15) is 0 Å². The van der Waals surface area contributed by atoms with Gasteiger partial charge in [-0.05, 0) is 12.1 Å². The van der Waals surface area contributed by atoms with Gasteiger partial charge in [0.05, 0.1) is 6.26 Å². The third kappa shape index (κ3) is 2.93. The van der Waals surface area contributed by atoms with Gasteiger partial charge in [0.15, 0.2) is 0 Å². The molecule has 1 rings (SSSR count). The molecule has 1 aromatic heterocycles. The van der Waals surface area contributed by atoms with Gasteiger partial charge in [-0.25, -0.2) is 0 Å². The summed E-state index contributed by atoms with van der Waals surface area (Å²) in [6, 6.07) is 3.16. The van der Waals surface area contributed by atoms with E-state index in [9.17, 15) is 5.11 Å². The third-order valence-electron chi connectivity index (χ3n) is 0.722. The Bertz CT molecular complexity index is 183. The van der Waals surface area contributed by atoms with Crippen LogP contribution in [0.1, 0.15) is 5.76 Å². The van der Waals surface area contributed by atoms with Crippen LogP contribution in [0.25, 0.3) is 0 Å². The van der Waals surface area contributed by atoms with Gasteiger partial charge in [0.25, 0.3) is 0 Å². The first kappa shape index (κ1) is 9.81. The van der Waals surface area contributed by atoms with Gasteiger partial charge in [0, 0.05) is 5.05 Å². The van der Waals surface area contributed by atoms with Crippen LogP contribution in [0.3, 0.4) is 0 Å². The molecule has 1 heterocycles. The minimum Gasteiger partial charge on any atom is -0.862 e. The quantitative estimate of drug-likeness (QED) is 0.337. The van der Waals surface area contributed by atoms with Crippen molar-refractivity contribution in [1.82, 2.24) is 0 Å². The van der Waals surface area contributed by atoms with Gasteiger partial charge in [0.2, 0.25) is 0 Å².